The third kappa shape index (κ3) is 4.55. The van der Waals surface area contributed by atoms with E-state index in [4.69, 9.17) is 9.72 Å². The molecule has 2 aliphatic rings. The van der Waals surface area contributed by atoms with Gasteiger partial charge >= 0.3 is 5.97 Å². The third-order valence-electron chi connectivity index (χ3n) is 7.08. The van der Waals surface area contributed by atoms with E-state index in [-0.39, 0.29) is 12.4 Å². The number of carbonyl (C=O) groups is 2. The van der Waals surface area contributed by atoms with Crippen molar-refractivity contribution in [2.24, 2.45) is 0 Å². The van der Waals surface area contributed by atoms with E-state index in [2.05, 4.69) is 17.0 Å². The molecule has 170 valence electrons. The highest BCUT2D eigenvalue weighted by atomic mass is 16.5. The summed E-state index contributed by atoms with van der Waals surface area (Å²) in [5.41, 5.74) is 5.09. The van der Waals surface area contributed by atoms with Crippen molar-refractivity contribution in [1.82, 2.24) is 9.88 Å². The molecule has 3 aromatic rings. The zero-order valence-corrected chi connectivity index (χ0v) is 19.2. The SMILES string of the molecule is CN1CCc2nc3ccccc3c(C(=O)OCC(=O)c3ccc(C4CCCCC4)cc3)c2C1. The zero-order chi connectivity index (χ0) is 22.8. The van der Waals surface area contributed by atoms with E-state index < -0.39 is 5.97 Å². The van der Waals surface area contributed by atoms with Crippen molar-refractivity contribution in [3.8, 4) is 0 Å². The van der Waals surface area contributed by atoms with Crippen LogP contribution in [0.4, 0.5) is 0 Å². The van der Waals surface area contributed by atoms with E-state index in [1.165, 1.54) is 37.7 Å². The van der Waals surface area contributed by atoms with Crippen LogP contribution < -0.4 is 0 Å². The molecule has 2 aromatic carbocycles. The van der Waals surface area contributed by atoms with Gasteiger partial charge in [0.15, 0.2) is 12.4 Å². The number of carbonyl (C=O) groups excluding carboxylic acids is 2. The topological polar surface area (TPSA) is 59.5 Å². The van der Waals surface area contributed by atoms with Crippen LogP contribution in [0.15, 0.2) is 48.5 Å². The maximum Gasteiger partial charge on any atom is 0.339 e. The fourth-order valence-electron chi connectivity index (χ4n) is 5.22. The molecule has 0 spiro atoms. The number of ketones is 1. The molecule has 0 radical (unpaired) electrons. The van der Waals surface area contributed by atoms with Gasteiger partial charge < -0.3 is 9.64 Å². The molecule has 0 atom stereocenters. The Kier molecular flexibility index (Phi) is 6.23. The molecule has 0 bridgehead atoms. The average molecular weight is 443 g/mol. The number of aromatic nitrogens is 1. The molecule has 1 aromatic heterocycles. The molecule has 0 N–H and O–H groups in total. The predicted octanol–water partition coefficient (Wildman–Crippen LogP) is 5.31. The Balaban J connectivity index is 1.33. The molecule has 0 saturated heterocycles. The van der Waals surface area contributed by atoms with Crippen LogP contribution in [-0.4, -0.2) is 41.8 Å². The van der Waals surface area contributed by atoms with Gasteiger partial charge in [0.05, 0.1) is 11.1 Å². The first-order valence-electron chi connectivity index (χ1n) is 12.0. The standard InChI is InChI=1S/C28H30N2O3/c1-30-16-15-25-23(17-30)27(22-9-5-6-10-24(22)29-25)28(32)33-18-26(31)21-13-11-20(12-14-21)19-7-3-2-4-8-19/h5-6,9-14,19H,2-4,7-8,15-18H2,1H3. The lowest BCUT2D eigenvalue weighted by atomic mass is 9.84. The second kappa shape index (κ2) is 9.44. The summed E-state index contributed by atoms with van der Waals surface area (Å²) in [6.07, 6.45) is 7.14. The first-order chi connectivity index (χ1) is 16.1. The molecule has 1 aliphatic heterocycles. The fraction of sp³-hybridized carbons (Fsp3) is 0.393. The van der Waals surface area contributed by atoms with Gasteiger partial charge in [0, 0.05) is 41.7 Å². The lowest BCUT2D eigenvalue weighted by Crippen LogP contribution is -2.29. The van der Waals surface area contributed by atoms with E-state index in [9.17, 15) is 9.59 Å². The number of hydrogen-bond donors (Lipinski definition) is 0. The molecule has 5 nitrogen and oxygen atoms in total. The second-order valence-electron chi connectivity index (χ2n) is 9.37. The molecule has 2 heterocycles. The van der Waals surface area contributed by atoms with Gasteiger partial charge in [-0.1, -0.05) is 61.7 Å². The number of likely N-dealkylation sites (N-methyl/N-ethyl adjacent to an activating group) is 1. The first-order valence-corrected chi connectivity index (χ1v) is 12.0. The lowest BCUT2D eigenvalue weighted by molar-refractivity contribution is 0.0474. The molecule has 5 heteroatoms. The Morgan fingerprint density at radius 3 is 2.58 bits per heavy atom. The van der Waals surface area contributed by atoms with Crippen molar-refractivity contribution in [1.29, 1.82) is 0 Å². The van der Waals surface area contributed by atoms with Crippen LogP contribution in [0, 0.1) is 0 Å². The summed E-state index contributed by atoms with van der Waals surface area (Å²) in [7, 11) is 2.04. The number of esters is 1. The first kappa shape index (κ1) is 21.8. The number of pyridine rings is 1. The van der Waals surface area contributed by atoms with Gasteiger partial charge in [-0.3, -0.25) is 9.78 Å². The van der Waals surface area contributed by atoms with Crippen LogP contribution in [0.25, 0.3) is 10.9 Å². The number of rotatable bonds is 5. The van der Waals surface area contributed by atoms with Crippen LogP contribution in [0.3, 0.4) is 0 Å². The molecule has 5 rings (SSSR count). The molecule has 1 saturated carbocycles. The van der Waals surface area contributed by atoms with Crippen LogP contribution in [0.5, 0.6) is 0 Å². The summed E-state index contributed by atoms with van der Waals surface area (Å²) in [6, 6.07) is 15.5. The van der Waals surface area contributed by atoms with Crippen molar-refractivity contribution in [2.75, 3.05) is 20.2 Å². The predicted molar refractivity (Wildman–Crippen MR) is 129 cm³/mol. The van der Waals surface area contributed by atoms with Gasteiger partial charge in [-0.25, -0.2) is 4.79 Å². The van der Waals surface area contributed by atoms with E-state index in [0.29, 0.717) is 23.6 Å². The molecule has 0 amide bonds. The highest BCUT2D eigenvalue weighted by Crippen LogP contribution is 2.33. The van der Waals surface area contributed by atoms with Gasteiger partial charge in [-0.2, -0.15) is 0 Å². The van der Waals surface area contributed by atoms with Crippen LogP contribution in [0.2, 0.25) is 0 Å². The summed E-state index contributed by atoms with van der Waals surface area (Å²) in [6.45, 7) is 1.29. The Morgan fingerprint density at radius 1 is 1.03 bits per heavy atom. The Labute approximate surface area is 194 Å². The largest absolute Gasteiger partial charge is 0.454 e. The minimum Gasteiger partial charge on any atom is -0.454 e. The van der Waals surface area contributed by atoms with Crippen molar-refractivity contribution in [3.05, 3.63) is 76.5 Å². The van der Waals surface area contributed by atoms with Gasteiger partial charge in [0.25, 0.3) is 0 Å². The summed E-state index contributed by atoms with van der Waals surface area (Å²) >= 11 is 0. The fourth-order valence-corrected chi connectivity index (χ4v) is 5.22. The van der Waals surface area contributed by atoms with Gasteiger partial charge in [0.1, 0.15) is 0 Å². The van der Waals surface area contributed by atoms with E-state index in [0.717, 1.165) is 35.1 Å². The summed E-state index contributed by atoms with van der Waals surface area (Å²) < 4.78 is 5.57. The third-order valence-corrected chi connectivity index (χ3v) is 7.08. The Morgan fingerprint density at radius 2 is 1.79 bits per heavy atom. The maximum atomic E-state index is 13.2. The van der Waals surface area contributed by atoms with E-state index in [1.807, 2.05) is 43.4 Å². The number of nitrogens with zero attached hydrogens (tertiary/aromatic N) is 2. The van der Waals surface area contributed by atoms with Crippen LogP contribution >= 0.6 is 0 Å². The van der Waals surface area contributed by atoms with E-state index >= 15 is 0 Å². The number of Topliss-reactive ketones (excluding diaryl/α,β-unsaturated/α-hetero) is 1. The highest BCUT2D eigenvalue weighted by molar-refractivity contribution is 6.06. The molecular weight excluding hydrogens is 412 g/mol. The maximum absolute atomic E-state index is 13.2. The number of para-hydroxylation sites is 1. The number of hydrogen-bond acceptors (Lipinski definition) is 5. The number of ether oxygens (including phenoxy) is 1. The second-order valence-corrected chi connectivity index (χ2v) is 9.37. The smallest absolute Gasteiger partial charge is 0.339 e. The Bertz CT molecular complexity index is 1180. The normalized spacial score (nSPS) is 17.0. The molecule has 1 aliphatic carbocycles. The summed E-state index contributed by atoms with van der Waals surface area (Å²) in [4.78, 5) is 32.9. The molecule has 0 unspecified atom stereocenters. The van der Waals surface area contributed by atoms with Crippen molar-refractivity contribution >= 4 is 22.7 Å². The summed E-state index contributed by atoms with van der Waals surface area (Å²) in [5, 5.41) is 0.779. The lowest BCUT2D eigenvalue weighted by Gasteiger charge is -2.26. The van der Waals surface area contributed by atoms with E-state index in [1.54, 1.807) is 0 Å². The number of fused-ring (bicyclic) bond motifs is 2. The number of benzene rings is 2. The zero-order valence-electron chi connectivity index (χ0n) is 19.2. The van der Waals surface area contributed by atoms with Gasteiger partial charge in [0.2, 0.25) is 0 Å². The molecular formula is C28H30N2O3. The minimum absolute atomic E-state index is 0.178. The van der Waals surface area contributed by atoms with Crippen molar-refractivity contribution < 1.29 is 14.3 Å². The summed E-state index contributed by atoms with van der Waals surface area (Å²) in [5.74, 6) is -0.0276. The van der Waals surface area contributed by atoms with Crippen LogP contribution in [-0.2, 0) is 17.7 Å². The van der Waals surface area contributed by atoms with Gasteiger partial charge in [-0.15, -0.1) is 0 Å². The van der Waals surface area contributed by atoms with Crippen molar-refractivity contribution in [2.45, 2.75) is 51.0 Å². The molecule has 1 fully saturated rings. The van der Waals surface area contributed by atoms with Crippen molar-refractivity contribution in [3.63, 3.8) is 0 Å². The van der Waals surface area contributed by atoms with Gasteiger partial charge in [-0.05, 0) is 37.4 Å². The monoisotopic (exact) mass is 442 g/mol. The quantitative estimate of drug-likeness (QED) is 0.396. The minimum atomic E-state index is -0.452. The highest BCUT2D eigenvalue weighted by Gasteiger charge is 2.26. The Hall–Kier alpha value is -3.05. The van der Waals surface area contributed by atoms with Crippen LogP contribution in [0.1, 0.15) is 75.6 Å². The average Bonchev–Trinajstić information content (AvgIpc) is 2.86. The molecule has 33 heavy (non-hydrogen) atoms.